The van der Waals surface area contributed by atoms with Gasteiger partial charge in [0.25, 0.3) is 5.91 Å². The quantitative estimate of drug-likeness (QED) is 0.219. The number of pyridine rings is 1. The molecule has 16 nitrogen and oxygen atoms in total. The number of hydrogen-bond donors (Lipinski definition) is 3. The van der Waals surface area contributed by atoms with E-state index in [-0.39, 0.29) is 36.7 Å². The van der Waals surface area contributed by atoms with Gasteiger partial charge in [-0.3, -0.25) is 19.1 Å². The number of rotatable bonds is 10. The fourth-order valence-corrected chi connectivity index (χ4v) is 9.37. The minimum atomic E-state index is -4.94. The van der Waals surface area contributed by atoms with Gasteiger partial charge in [-0.05, 0) is 82.4 Å². The van der Waals surface area contributed by atoms with Crippen LogP contribution in [0.2, 0.25) is 0 Å². The summed E-state index contributed by atoms with van der Waals surface area (Å²) in [5, 5.41) is 5.17. The van der Waals surface area contributed by atoms with Gasteiger partial charge in [0.05, 0.1) is 31.6 Å². The van der Waals surface area contributed by atoms with Gasteiger partial charge in [0.1, 0.15) is 29.5 Å². The topological polar surface area (TPSA) is 209 Å². The summed E-state index contributed by atoms with van der Waals surface area (Å²) in [5.41, 5.74) is -4.49. The first-order chi connectivity index (χ1) is 28.6. The molecule has 4 aliphatic rings. The van der Waals surface area contributed by atoms with Crippen LogP contribution in [0, 0.1) is 17.8 Å². The van der Waals surface area contributed by atoms with Gasteiger partial charge in [0, 0.05) is 29.3 Å². The van der Waals surface area contributed by atoms with Crippen LogP contribution in [0.25, 0.3) is 10.8 Å². The molecule has 3 heterocycles. The molecule has 3 N–H and O–H groups in total. The number of alkyl halides is 3. The van der Waals surface area contributed by atoms with Crippen LogP contribution >= 0.6 is 0 Å². The van der Waals surface area contributed by atoms with Crippen LogP contribution in [0.4, 0.5) is 18.0 Å². The van der Waals surface area contributed by atoms with Crippen molar-refractivity contribution in [3.8, 4) is 11.6 Å². The van der Waals surface area contributed by atoms with Gasteiger partial charge in [0.15, 0.2) is 0 Å². The number of alkyl carbamates (subject to hydrolysis) is 1. The second-order valence-electron chi connectivity index (χ2n) is 16.8. The first-order valence-electron chi connectivity index (χ1n) is 20.3. The van der Waals surface area contributed by atoms with Gasteiger partial charge < -0.3 is 34.5 Å². The highest BCUT2D eigenvalue weighted by atomic mass is 32.2. The molecule has 7 atom stereocenters. The number of hydrogen-bond acceptors (Lipinski definition) is 12. The molecule has 2 aromatic rings. The number of nitrogens with one attached hydrogen (secondary N) is 3. The number of carbonyl (C=O) groups is 5. The van der Waals surface area contributed by atoms with Gasteiger partial charge in [-0.1, -0.05) is 32.4 Å². The van der Waals surface area contributed by atoms with Gasteiger partial charge in [-0.25, -0.2) is 23.0 Å². The van der Waals surface area contributed by atoms with Crippen molar-refractivity contribution in [2.75, 3.05) is 20.8 Å². The van der Waals surface area contributed by atoms with E-state index in [1.165, 1.54) is 20.4 Å². The van der Waals surface area contributed by atoms with E-state index in [0.717, 1.165) is 4.90 Å². The lowest BCUT2D eigenvalue weighted by Gasteiger charge is -2.35. The summed E-state index contributed by atoms with van der Waals surface area (Å²) in [6.07, 6.45) is -0.114. The Balaban J connectivity index is 1.39. The minimum absolute atomic E-state index is 0.0207. The fourth-order valence-electron chi connectivity index (χ4n) is 8.01. The summed E-state index contributed by atoms with van der Waals surface area (Å²) in [7, 11) is -1.36. The Kier molecular flexibility index (Phi) is 12.9. The van der Waals surface area contributed by atoms with Crippen molar-refractivity contribution in [2.45, 2.75) is 120 Å². The van der Waals surface area contributed by atoms with E-state index in [0.29, 0.717) is 68.9 Å². The molecule has 2 aliphatic carbocycles. The zero-order chi connectivity index (χ0) is 44.7. The molecule has 2 aliphatic heterocycles. The standard InChI is InChI=1S/C41H52F3N5O11S/c1-7-23-16-22(2)10-8-9-11-24-19-40(24,37(53)48-61(55,56)27-13-14-27)47-33(50)31-18-26(21-49(31)35(51)32(23)46-38(54)60-39(3,4)41(42,43)44)59-34-28-15-12-25(57-5)17-29(28)30(20-45-34)36(52)58-6/h9,11-12,15,17,20,22-24,26-27,31-32H,7-8,10,13-14,16,18-19,21H2,1-6H3,(H,46,54)(H,47,50)(H,48,53)/t22-,23-,24-,26-,31+,32+,40-/m1/s1. The third-order valence-corrected chi connectivity index (χ3v) is 13.8. The maximum absolute atomic E-state index is 14.9. The van der Waals surface area contributed by atoms with Crippen molar-refractivity contribution in [1.82, 2.24) is 25.2 Å². The molecule has 0 radical (unpaired) electrons. The summed E-state index contributed by atoms with van der Waals surface area (Å²) in [4.78, 5) is 74.8. The lowest BCUT2D eigenvalue weighted by Crippen LogP contribution is -2.59. The summed E-state index contributed by atoms with van der Waals surface area (Å²) >= 11 is 0. The largest absolute Gasteiger partial charge is 0.497 e. The minimum Gasteiger partial charge on any atom is -0.497 e. The molecule has 1 saturated heterocycles. The van der Waals surface area contributed by atoms with Crippen LogP contribution in [0.1, 0.15) is 89.4 Å². The molecule has 334 valence electrons. The average molecular weight is 880 g/mol. The molecule has 6 rings (SSSR count). The Morgan fingerprint density at radius 3 is 2.43 bits per heavy atom. The summed E-state index contributed by atoms with van der Waals surface area (Å²) < 4.78 is 91.0. The Labute approximate surface area is 351 Å². The smallest absolute Gasteiger partial charge is 0.427 e. The van der Waals surface area contributed by atoms with Gasteiger partial charge in [0.2, 0.25) is 33.3 Å². The first kappa shape index (κ1) is 45.4. The third kappa shape index (κ3) is 9.68. The van der Waals surface area contributed by atoms with Crippen molar-refractivity contribution in [1.29, 1.82) is 0 Å². The number of allylic oxidation sites excluding steroid dienone is 1. The van der Waals surface area contributed by atoms with E-state index in [1.54, 1.807) is 31.2 Å². The second kappa shape index (κ2) is 17.3. The number of esters is 1. The molecule has 0 unspecified atom stereocenters. The molecular formula is C41H52F3N5O11S. The molecule has 61 heavy (non-hydrogen) atoms. The number of benzene rings is 1. The van der Waals surface area contributed by atoms with Crippen LogP contribution in [0.5, 0.6) is 11.6 Å². The number of ether oxygens (including phenoxy) is 4. The van der Waals surface area contributed by atoms with E-state index in [9.17, 15) is 45.6 Å². The van der Waals surface area contributed by atoms with E-state index in [1.807, 2.05) is 13.0 Å². The van der Waals surface area contributed by atoms with E-state index in [4.69, 9.17) is 18.9 Å². The van der Waals surface area contributed by atoms with E-state index in [2.05, 4.69) is 20.3 Å². The molecule has 2 saturated carbocycles. The van der Waals surface area contributed by atoms with E-state index >= 15 is 0 Å². The van der Waals surface area contributed by atoms with Crippen LogP contribution in [-0.2, 0) is 33.9 Å². The molecule has 1 aromatic heterocycles. The van der Waals surface area contributed by atoms with Crippen molar-refractivity contribution in [3.63, 3.8) is 0 Å². The zero-order valence-corrected chi connectivity index (χ0v) is 35.6. The van der Waals surface area contributed by atoms with Crippen molar-refractivity contribution in [2.24, 2.45) is 17.8 Å². The normalized spacial score (nSPS) is 27.4. The molecule has 20 heteroatoms. The molecule has 0 spiro atoms. The first-order valence-corrected chi connectivity index (χ1v) is 21.8. The fraction of sp³-hybridized carbons (Fsp3) is 0.610. The number of sulfonamides is 1. The maximum atomic E-state index is 14.9. The predicted octanol–water partition coefficient (Wildman–Crippen LogP) is 4.70. The molecule has 4 amide bonds. The van der Waals surface area contributed by atoms with Crippen molar-refractivity contribution >= 4 is 50.6 Å². The van der Waals surface area contributed by atoms with Crippen molar-refractivity contribution in [3.05, 3.63) is 42.1 Å². The maximum Gasteiger partial charge on any atom is 0.427 e. The lowest BCUT2D eigenvalue weighted by molar-refractivity contribution is -0.244. The zero-order valence-electron chi connectivity index (χ0n) is 34.8. The number of aromatic nitrogens is 1. The van der Waals surface area contributed by atoms with Gasteiger partial charge in [-0.15, -0.1) is 0 Å². The van der Waals surface area contributed by atoms with Gasteiger partial charge in [-0.2, -0.15) is 13.2 Å². The van der Waals surface area contributed by atoms with Crippen LogP contribution in [-0.4, -0.2) is 110 Å². The Morgan fingerprint density at radius 2 is 1.79 bits per heavy atom. The molecule has 3 fully saturated rings. The van der Waals surface area contributed by atoms with Crippen LogP contribution < -0.4 is 24.8 Å². The number of amides is 4. The van der Waals surface area contributed by atoms with Crippen LogP contribution in [0.15, 0.2) is 36.5 Å². The monoisotopic (exact) mass is 879 g/mol. The predicted molar refractivity (Wildman–Crippen MR) is 213 cm³/mol. The number of carbonyl (C=O) groups excluding carboxylic acids is 5. The Hall–Kier alpha value is -5.14. The Bertz CT molecular complexity index is 2200. The van der Waals surface area contributed by atoms with Gasteiger partial charge >= 0.3 is 18.2 Å². The number of halogens is 3. The highest BCUT2D eigenvalue weighted by Crippen LogP contribution is 2.46. The Morgan fingerprint density at radius 1 is 1.07 bits per heavy atom. The highest BCUT2D eigenvalue weighted by Gasteiger charge is 2.62. The molecule has 1 aromatic carbocycles. The SMILES string of the molecule is CC[C@@H]1C[C@H](C)CCC=C[C@@H]2C[C@@]2(C(=O)NS(=O)(=O)C2CC2)NC(=O)[C@@H]2C[C@@H](Oc3ncc(C(=O)OC)c4cc(OC)ccc34)CN2C(=O)[C@H]1NC(=O)OC(C)(C)C(F)(F)F. The average Bonchev–Trinajstić information content (AvgIpc) is 4.13. The number of methoxy groups -OCH3 is 2. The molecule has 0 bridgehead atoms. The molecular weight excluding hydrogens is 828 g/mol. The summed E-state index contributed by atoms with van der Waals surface area (Å²) in [5.74, 6) is -4.08. The lowest BCUT2D eigenvalue weighted by atomic mass is 9.85. The summed E-state index contributed by atoms with van der Waals surface area (Å²) in [6, 6.07) is 1.94. The van der Waals surface area contributed by atoms with E-state index < -0.39 is 92.4 Å². The second-order valence-corrected chi connectivity index (χ2v) is 18.8. The third-order valence-electron chi connectivity index (χ3n) is 12.0. The number of fused-ring (bicyclic) bond motifs is 3. The van der Waals surface area contributed by atoms with Crippen molar-refractivity contribution < 1.29 is 64.5 Å². The highest BCUT2D eigenvalue weighted by molar-refractivity contribution is 7.91. The van der Waals surface area contributed by atoms with Crippen LogP contribution in [0.3, 0.4) is 0 Å². The number of nitrogens with zero attached hydrogens (tertiary/aromatic N) is 2. The summed E-state index contributed by atoms with van der Waals surface area (Å²) in [6.45, 7) is 4.78.